The molecule has 0 aliphatic rings. The van der Waals surface area contributed by atoms with E-state index in [0.717, 1.165) is 0 Å². The summed E-state index contributed by atoms with van der Waals surface area (Å²) in [5.74, 6) is -0.457. The second-order valence-electron chi connectivity index (χ2n) is 3.69. The van der Waals surface area contributed by atoms with Gasteiger partial charge in [0.2, 0.25) is 5.95 Å². The molecule has 2 rings (SSSR count). The molecule has 2 N–H and O–H groups in total. The van der Waals surface area contributed by atoms with Crippen molar-refractivity contribution in [2.75, 3.05) is 25.6 Å². The maximum absolute atomic E-state index is 10.8. The molecule has 0 aliphatic carbocycles. The van der Waals surface area contributed by atoms with Crippen LogP contribution in [0.5, 0.6) is 0 Å². The van der Waals surface area contributed by atoms with Gasteiger partial charge in [-0.25, -0.2) is 14.8 Å². The fourth-order valence-corrected chi connectivity index (χ4v) is 1.52. The van der Waals surface area contributed by atoms with Crippen molar-refractivity contribution < 1.29 is 14.6 Å². The van der Waals surface area contributed by atoms with Crippen LogP contribution < -0.4 is 5.32 Å². The van der Waals surface area contributed by atoms with Gasteiger partial charge in [-0.1, -0.05) is 0 Å². The van der Waals surface area contributed by atoms with Gasteiger partial charge in [0.25, 0.3) is 0 Å². The first-order valence-electron chi connectivity index (χ1n) is 5.43. The Morgan fingerprint density at radius 1 is 1.50 bits per heavy atom. The first-order chi connectivity index (χ1) is 8.70. The Morgan fingerprint density at radius 2 is 2.33 bits per heavy atom. The van der Waals surface area contributed by atoms with Crippen molar-refractivity contribution in [1.82, 2.24) is 9.97 Å². The minimum atomic E-state index is -0.959. The van der Waals surface area contributed by atoms with Crippen LogP contribution >= 0.6 is 0 Å². The summed E-state index contributed by atoms with van der Waals surface area (Å²) < 4.78 is 4.91. The van der Waals surface area contributed by atoms with Gasteiger partial charge >= 0.3 is 5.97 Å². The number of aromatic carboxylic acids is 1. The predicted octanol–water partition coefficient (Wildman–Crippen LogP) is 1.39. The molecule has 0 amide bonds. The Hall–Kier alpha value is -2.21. The largest absolute Gasteiger partial charge is 0.478 e. The van der Waals surface area contributed by atoms with E-state index in [2.05, 4.69) is 15.3 Å². The zero-order chi connectivity index (χ0) is 13.0. The first kappa shape index (κ1) is 12.3. The maximum Gasteiger partial charge on any atom is 0.335 e. The van der Waals surface area contributed by atoms with E-state index in [0.29, 0.717) is 30.0 Å². The van der Waals surface area contributed by atoms with Gasteiger partial charge in [-0.3, -0.25) is 0 Å². The molecular weight excluding hydrogens is 234 g/mol. The van der Waals surface area contributed by atoms with E-state index < -0.39 is 5.97 Å². The second kappa shape index (κ2) is 5.42. The van der Waals surface area contributed by atoms with Crippen molar-refractivity contribution in [2.45, 2.75) is 0 Å². The van der Waals surface area contributed by atoms with E-state index in [1.807, 2.05) is 0 Å². The molecule has 94 valence electrons. The van der Waals surface area contributed by atoms with Crippen LogP contribution in [0.4, 0.5) is 5.95 Å². The summed E-state index contributed by atoms with van der Waals surface area (Å²) in [6, 6.07) is 4.75. The Morgan fingerprint density at radius 3 is 3.06 bits per heavy atom. The molecule has 0 radical (unpaired) electrons. The van der Waals surface area contributed by atoms with Crippen LogP contribution in [0.2, 0.25) is 0 Å². The number of ether oxygens (including phenoxy) is 1. The lowest BCUT2D eigenvalue weighted by Crippen LogP contribution is -2.10. The van der Waals surface area contributed by atoms with E-state index in [1.54, 1.807) is 25.4 Å². The molecule has 0 atom stereocenters. The van der Waals surface area contributed by atoms with Gasteiger partial charge in [0.05, 0.1) is 17.7 Å². The summed E-state index contributed by atoms with van der Waals surface area (Å²) in [7, 11) is 1.62. The highest BCUT2D eigenvalue weighted by Crippen LogP contribution is 2.14. The number of hydrogen-bond donors (Lipinski definition) is 2. The fourth-order valence-electron chi connectivity index (χ4n) is 1.52. The molecule has 1 aromatic heterocycles. The van der Waals surface area contributed by atoms with E-state index >= 15 is 0 Å². The van der Waals surface area contributed by atoms with E-state index in [9.17, 15) is 4.79 Å². The van der Waals surface area contributed by atoms with Gasteiger partial charge in [0.15, 0.2) is 0 Å². The number of aromatic nitrogens is 2. The third kappa shape index (κ3) is 2.72. The molecule has 18 heavy (non-hydrogen) atoms. The molecule has 0 saturated carbocycles. The Bertz CT molecular complexity index is 571. The topological polar surface area (TPSA) is 84.3 Å². The number of carbonyl (C=O) groups is 1. The number of nitrogens with one attached hydrogen (secondary N) is 1. The molecule has 2 aromatic rings. The molecule has 0 aliphatic heterocycles. The van der Waals surface area contributed by atoms with Gasteiger partial charge < -0.3 is 15.2 Å². The minimum absolute atomic E-state index is 0.228. The molecule has 0 spiro atoms. The van der Waals surface area contributed by atoms with Gasteiger partial charge in [0.1, 0.15) is 0 Å². The predicted molar refractivity (Wildman–Crippen MR) is 66.9 cm³/mol. The zero-order valence-corrected chi connectivity index (χ0v) is 9.88. The lowest BCUT2D eigenvalue weighted by Gasteiger charge is -2.05. The smallest absolute Gasteiger partial charge is 0.335 e. The number of rotatable bonds is 5. The standard InChI is InChI=1S/C12H13N3O3/c1-18-5-4-13-12-14-7-9-6-8(11(16)17)2-3-10(9)15-12/h2-3,6-7H,4-5H2,1H3,(H,16,17)(H,13,14,15). The van der Waals surface area contributed by atoms with Crippen molar-refractivity contribution in [3.05, 3.63) is 30.0 Å². The molecule has 0 saturated heterocycles. The molecule has 0 unspecified atom stereocenters. The normalized spacial score (nSPS) is 10.5. The third-order valence-electron chi connectivity index (χ3n) is 2.42. The Kier molecular flexibility index (Phi) is 3.69. The van der Waals surface area contributed by atoms with Crippen LogP contribution in [0.15, 0.2) is 24.4 Å². The highest BCUT2D eigenvalue weighted by molar-refractivity contribution is 5.93. The summed E-state index contributed by atoms with van der Waals surface area (Å²) in [5, 5.41) is 12.6. The number of fused-ring (bicyclic) bond motifs is 1. The Balaban J connectivity index is 2.24. The van der Waals surface area contributed by atoms with Crippen molar-refractivity contribution in [3.63, 3.8) is 0 Å². The van der Waals surface area contributed by atoms with Gasteiger partial charge in [-0.2, -0.15) is 0 Å². The SMILES string of the molecule is COCCNc1ncc2cc(C(=O)O)ccc2n1. The van der Waals surface area contributed by atoms with Crippen molar-refractivity contribution in [2.24, 2.45) is 0 Å². The van der Waals surface area contributed by atoms with Crippen LogP contribution in [0.3, 0.4) is 0 Å². The first-order valence-corrected chi connectivity index (χ1v) is 5.43. The monoisotopic (exact) mass is 247 g/mol. The van der Waals surface area contributed by atoms with Crippen LogP contribution in [0.1, 0.15) is 10.4 Å². The maximum atomic E-state index is 10.8. The number of benzene rings is 1. The number of methoxy groups -OCH3 is 1. The van der Waals surface area contributed by atoms with Crippen molar-refractivity contribution in [3.8, 4) is 0 Å². The zero-order valence-electron chi connectivity index (χ0n) is 9.88. The number of anilines is 1. The van der Waals surface area contributed by atoms with Crippen LogP contribution in [0, 0.1) is 0 Å². The molecule has 6 heteroatoms. The van der Waals surface area contributed by atoms with E-state index in [-0.39, 0.29) is 5.56 Å². The average molecular weight is 247 g/mol. The molecule has 6 nitrogen and oxygen atoms in total. The Labute approximate surface area is 104 Å². The van der Waals surface area contributed by atoms with Crippen LogP contribution in [-0.4, -0.2) is 41.3 Å². The highest BCUT2D eigenvalue weighted by Gasteiger charge is 2.05. The second-order valence-corrected chi connectivity index (χ2v) is 3.69. The number of nitrogens with zero attached hydrogens (tertiary/aromatic N) is 2. The van der Waals surface area contributed by atoms with Gasteiger partial charge in [-0.05, 0) is 18.2 Å². The van der Waals surface area contributed by atoms with Crippen molar-refractivity contribution in [1.29, 1.82) is 0 Å². The van der Waals surface area contributed by atoms with Crippen LogP contribution in [-0.2, 0) is 4.74 Å². The summed E-state index contributed by atoms with van der Waals surface area (Å²) in [4.78, 5) is 19.2. The molecule has 1 aromatic carbocycles. The van der Waals surface area contributed by atoms with E-state index in [1.165, 1.54) is 6.07 Å². The molecular formula is C12H13N3O3. The van der Waals surface area contributed by atoms with E-state index in [4.69, 9.17) is 9.84 Å². The number of carboxylic acid groups (broad SMARTS) is 1. The van der Waals surface area contributed by atoms with Gasteiger partial charge in [-0.15, -0.1) is 0 Å². The van der Waals surface area contributed by atoms with Crippen LogP contribution in [0.25, 0.3) is 10.9 Å². The summed E-state index contributed by atoms with van der Waals surface area (Å²) >= 11 is 0. The average Bonchev–Trinajstić information content (AvgIpc) is 2.38. The minimum Gasteiger partial charge on any atom is -0.478 e. The highest BCUT2D eigenvalue weighted by atomic mass is 16.5. The third-order valence-corrected chi connectivity index (χ3v) is 2.42. The molecule has 0 fully saturated rings. The lowest BCUT2D eigenvalue weighted by atomic mass is 10.1. The summed E-state index contributed by atoms with van der Waals surface area (Å²) in [6.07, 6.45) is 1.60. The number of hydrogen-bond acceptors (Lipinski definition) is 5. The quantitative estimate of drug-likeness (QED) is 0.777. The van der Waals surface area contributed by atoms with Crippen molar-refractivity contribution >= 4 is 22.8 Å². The fraction of sp³-hybridized carbons (Fsp3) is 0.250. The summed E-state index contributed by atoms with van der Waals surface area (Å²) in [6.45, 7) is 1.19. The van der Waals surface area contributed by atoms with Gasteiger partial charge in [0, 0.05) is 25.2 Å². The lowest BCUT2D eigenvalue weighted by molar-refractivity contribution is 0.0697. The summed E-state index contributed by atoms with van der Waals surface area (Å²) in [5.41, 5.74) is 0.932. The molecule has 1 heterocycles. The number of carboxylic acids is 1. The molecule has 0 bridgehead atoms.